The molecule has 29 heavy (non-hydrogen) atoms. The van der Waals surface area contributed by atoms with Crippen molar-refractivity contribution in [1.82, 2.24) is 4.72 Å². The normalized spacial score (nSPS) is 15.6. The minimum Gasteiger partial charge on any atom is -0.486 e. The van der Waals surface area contributed by atoms with Crippen LogP contribution < -0.4 is 24.2 Å². The van der Waals surface area contributed by atoms with Gasteiger partial charge in [-0.2, -0.15) is 0 Å². The van der Waals surface area contributed by atoms with Crippen LogP contribution in [0.4, 0.5) is 5.69 Å². The number of hydrogen-bond donors (Lipinski definition) is 2. The maximum Gasteiger partial charge on any atom is 0.262 e. The molecule has 4 rings (SSSR count). The second-order valence-corrected chi connectivity index (χ2v) is 8.73. The van der Waals surface area contributed by atoms with E-state index in [2.05, 4.69) is 10.0 Å². The number of aryl methyl sites for hydroxylation is 1. The van der Waals surface area contributed by atoms with E-state index in [1.807, 2.05) is 0 Å². The van der Waals surface area contributed by atoms with Crippen molar-refractivity contribution < 1.29 is 27.4 Å². The smallest absolute Gasteiger partial charge is 0.262 e. The number of carbonyl (C=O) groups excluding carboxylic acids is 1. The third-order valence-corrected chi connectivity index (χ3v) is 6.06. The lowest BCUT2D eigenvalue weighted by Gasteiger charge is -2.19. The van der Waals surface area contributed by atoms with E-state index in [4.69, 9.17) is 14.2 Å². The van der Waals surface area contributed by atoms with Gasteiger partial charge in [0.2, 0.25) is 10.0 Å². The SMILES string of the molecule is Cc1cc(S(=O)(=O)NC2CC2)ccc1OCC(=O)Nc1ccc2c(c1)OCCO2. The highest BCUT2D eigenvalue weighted by molar-refractivity contribution is 7.89. The highest BCUT2D eigenvalue weighted by Crippen LogP contribution is 2.32. The van der Waals surface area contributed by atoms with Crippen molar-refractivity contribution in [2.45, 2.75) is 30.7 Å². The molecule has 0 radical (unpaired) electrons. The molecular weight excluding hydrogens is 396 g/mol. The molecule has 0 atom stereocenters. The van der Waals surface area contributed by atoms with E-state index in [1.165, 1.54) is 6.07 Å². The van der Waals surface area contributed by atoms with Gasteiger partial charge in [0.1, 0.15) is 19.0 Å². The Labute approximate surface area is 169 Å². The predicted octanol–water partition coefficient (Wildman–Crippen LogP) is 2.22. The second-order valence-electron chi connectivity index (χ2n) is 7.02. The molecule has 1 heterocycles. The molecule has 2 aliphatic rings. The molecule has 2 aromatic carbocycles. The van der Waals surface area contributed by atoms with Crippen molar-refractivity contribution in [1.29, 1.82) is 0 Å². The molecule has 1 amide bonds. The Morgan fingerprint density at radius 3 is 2.59 bits per heavy atom. The van der Waals surface area contributed by atoms with Crippen molar-refractivity contribution in [2.24, 2.45) is 0 Å². The lowest BCUT2D eigenvalue weighted by Crippen LogP contribution is -2.25. The average Bonchev–Trinajstić information content (AvgIpc) is 3.50. The van der Waals surface area contributed by atoms with Crippen LogP contribution in [0.2, 0.25) is 0 Å². The summed E-state index contributed by atoms with van der Waals surface area (Å²) in [6.45, 7) is 2.50. The summed E-state index contributed by atoms with van der Waals surface area (Å²) < 4.78 is 43.7. The van der Waals surface area contributed by atoms with Gasteiger partial charge in [-0.15, -0.1) is 0 Å². The van der Waals surface area contributed by atoms with Crippen molar-refractivity contribution in [3.05, 3.63) is 42.0 Å². The van der Waals surface area contributed by atoms with Crippen molar-refractivity contribution >= 4 is 21.6 Å². The van der Waals surface area contributed by atoms with Gasteiger partial charge in [-0.05, 0) is 55.7 Å². The molecule has 2 aromatic rings. The largest absolute Gasteiger partial charge is 0.486 e. The first-order valence-corrected chi connectivity index (χ1v) is 10.8. The van der Waals surface area contributed by atoms with Gasteiger partial charge >= 0.3 is 0 Å². The summed E-state index contributed by atoms with van der Waals surface area (Å²) in [6.07, 6.45) is 1.75. The van der Waals surface area contributed by atoms with Gasteiger partial charge in [0, 0.05) is 17.8 Å². The summed E-state index contributed by atoms with van der Waals surface area (Å²) in [6, 6.07) is 9.79. The zero-order valence-corrected chi connectivity index (χ0v) is 16.8. The maximum atomic E-state index is 12.3. The van der Waals surface area contributed by atoms with E-state index in [1.54, 1.807) is 37.3 Å². The van der Waals surface area contributed by atoms with Crippen LogP contribution in [0.3, 0.4) is 0 Å². The Morgan fingerprint density at radius 2 is 1.86 bits per heavy atom. The third-order valence-electron chi connectivity index (χ3n) is 4.54. The highest BCUT2D eigenvalue weighted by atomic mass is 32.2. The van der Waals surface area contributed by atoms with Crippen LogP contribution >= 0.6 is 0 Å². The predicted molar refractivity (Wildman–Crippen MR) is 106 cm³/mol. The highest BCUT2D eigenvalue weighted by Gasteiger charge is 2.28. The summed E-state index contributed by atoms with van der Waals surface area (Å²) in [4.78, 5) is 12.4. The lowest BCUT2D eigenvalue weighted by molar-refractivity contribution is -0.118. The first-order chi connectivity index (χ1) is 13.9. The zero-order valence-electron chi connectivity index (χ0n) is 15.9. The Hall–Kier alpha value is -2.78. The van der Waals surface area contributed by atoms with E-state index in [0.717, 1.165) is 12.8 Å². The molecule has 0 bridgehead atoms. The van der Waals surface area contributed by atoms with E-state index < -0.39 is 10.0 Å². The van der Waals surface area contributed by atoms with E-state index >= 15 is 0 Å². The summed E-state index contributed by atoms with van der Waals surface area (Å²) in [5, 5.41) is 2.74. The summed E-state index contributed by atoms with van der Waals surface area (Å²) in [5.74, 6) is 1.34. The van der Waals surface area contributed by atoms with Gasteiger partial charge in [-0.1, -0.05) is 0 Å². The molecule has 0 saturated heterocycles. The number of benzene rings is 2. The standard InChI is InChI=1S/C20H22N2O6S/c1-13-10-16(29(24,25)22-14-2-3-14)5-7-17(13)28-12-20(23)21-15-4-6-18-19(11-15)27-9-8-26-18/h4-7,10-11,14,22H,2-3,8-9,12H2,1H3,(H,21,23). The number of ether oxygens (including phenoxy) is 3. The van der Waals surface area contributed by atoms with Crippen LogP contribution in [0.5, 0.6) is 17.2 Å². The molecule has 2 N–H and O–H groups in total. The molecular formula is C20H22N2O6S. The van der Waals surface area contributed by atoms with E-state index in [0.29, 0.717) is 41.7 Å². The van der Waals surface area contributed by atoms with Crippen LogP contribution in [0, 0.1) is 6.92 Å². The average molecular weight is 418 g/mol. The van der Waals surface area contributed by atoms with Gasteiger partial charge in [-0.3, -0.25) is 4.79 Å². The molecule has 0 spiro atoms. The molecule has 1 aliphatic heterocycles. The number of carbonyl (C=O) groups is 1. The quantitative estimate of drug-likeness (QED) is 0.715. The number of fused-ring (bicyclic) bond motifs is 1. The first-order valence-electron chi connectivity index (χ1n) is 9.36. The van der Waals surface area contributed by atoms with Crippen molar-refractivity contribution in [2.75, 3.05) is 25.1 Å². The fourth-order valence-corrected chi connectivity index (χ4v) is 4.29. The Morgan fingerprint density at radius 1 is 1.10 bits per heavy atom. The molecule has 154 valence electrons. The fraction of sp³-hybridized carbons (Fsp3) is 0.350. The summed E-state index contributed by atoms with van der Waals surface area (Å²) >= 11 is 0. The molecule has 1 aliphatic carbocycles. The molecule has 8 nitrogen and oxygen atoms in total. The molecule has 0 unspecified atom stereocenters. The Bertz CT molecular complexity index is 1030. The topological polar surface area (TPSA) is 103 Å². The molecule has 0 aromatic heterocycles. The fourth-order valence-electron chi connectivity index (χ4n) is 2.90. The number of amides is 1. The molecule has 1 saturated carbocycles. The number of nitrogens with one attached hydrogen (secondary N) is 2. The lowest BCUT2D eigenvalue weighted by atomic mass is 10.2. The minimum atomic E-state index is -3.52. The Kier molecular flexibility index (Phi) is 5.33. The van der Waals surface area contributed by atoms with Gasteiger partial charge in [0.05, 0.1) is 4.90 Å². The molecule has 1 fully saturated rings. The molecule has 9 heteroatoms. The number of hydrogen-bond acceptors (Lipinski definition) is 6. The van der Waals surface area contributed by atoms with Gasteiger partial charge in [-0.25, -0.2) is 13.1 Å². The van der Waals surface area contributed by atoms with Crippen molar-refractivity contribution in [3.63, 3.8) is 0 Å². The van der Waals surface area contributed by atoms with Crippen molar-refractivity contribution in [3.8, 4) is 17.2 Å². The van der Waals surface area contributed by atoms with E-state index in [9.17, 15) is 13.2 Å². The number of sulfonamides is 1. The van der Waals surface area contributed by atoms with Crippen LogP contribution in [0.1, 0.15) is 18.4 Å². The van der Waals surface area contributed by atoms with Gasteiger partial charge in [0.15, 0.2) is 18.1 Å². The zero-order chi connectivity index (χ0) is 20.4. The van der Waals surface area contributed by atoms with Crippen LogP contribution in [-0.4, -0.2) is 40.2 Å². The second kappa shape index (κ2) is 7.92. The monoisotopic (exact) mass is 418 g/mol. The van der Waals surface area contributed by atoms with Gasteiger partial charge in [0.25, 0.3) is 5.91 Å². The summed E-state index contributed by atoms with van der Waals surface area (Å²) in [7, 11) is -3.52. The third kappa shape index (κ3) is 4.80. The van der Waals surface area contributed by atoms with E-state index in [-0.39, 0.29) is 23.5 Å². The number of anilines is 1. The van der Waals surface area contributed by atoms with Gasteiger partial charge < -0.3 is 19.5 Å². The van der Waals surface area contributed by atoms with Crippen LogP contribution in [-0.2, 0) is 14.8 Å². The Balaban J connectivity index is 1.35. The minimum absolute atomic E-state index is 0.0421. The first kappa shape index (κ1) is 19.5. The number of rotatable bonds is 7. The maximum absolute atomic E-state index is 12.3. The van der Waals surface area contributed by atoms with Crippen LogP contribution in [0.15, 0.2) is 41.3 Å². The van der Waals surface area contributed by atoms with Crippen LogP contribution in [0.25, 0.3) is 0 Å². The summed E-state index contributed by atoms with van der Waals surface area (Å²) in [5.41, 5.74) is 1.21.